The van der Waals surface area contributed by atoms with Gasteiger partial charge in [-0.15, -0.1) is 5.10 Å². The molecule has 3 rings (SSSR count). The van der Waals surface area contributed by atoms with E-state index in [1.807, 2.05) is 0 Å². The maximum atomic E-state index is 12.4. The fourth-order valence-electron chi connectivity index (χ4n) is 2.00. The smallest absolute Gasteiger partial charge is 0.387 e. The minimum Gasteiger partial charge on any atom is -0.505 e. The summed E-state index contributed by atoms with van der Waals surface area (Å²) in [5.74, 6) is -0.251. The Kier molecular flexibility index (Phi) is 6.75. The molecule has 0 radical (unpaired) electrons. The van der Waals surface area contributed by atoms with Gasteiger partial charge in [0.15, 0.2) is 5.75 Å². The molecule has 0 amide bonds. The summed E-state index contributed by atoms with van der Waals surface area (Å²) in [7, 11) is 0. The Morgan fingerprint density at radius 1 is 1.19 bits per heavy atom. The van der Waals surface area contributed by atoms with E-state index >= 15 is 0 Å². The molecule has 0 aliphatic rings. The zero-order valence-electron chi connectivity index (χ0n) is 13.8. The molecule has 0 saturated carbocycles. The lowest BCUT2D eigenvalue weighted by Gasteiger charge is -2.10. The van der Waals surface area contributed by atoms with Gasteiger partial charge in [-0.2, -0.15) is 32.2 Å². The van der Waals surface area contributed by atoms with Gasteiger partial charge in [0.25, 0.3) is 0 Å². The Bertz CT molecular complexity index is 897. The van der Waals surface area contributed by atoms with E-state index in [0.29, 0.717) is 11.4 Å². The summed E-state index contributed by atoms with van der Waals surface area (Å²) >= 11 is 5.83. The van der Waals surface area contributed by atoms with Gasteiger partial charge in [-0.25, -0.2) is 4.68 Å². The second-order valence-electron chi connectivity index (χ2n) is 5.07. The number of aromatic nitrogens is 5. The fraction of sp³-hybridized carbons (Fsp3) is 0.200. The summed E-state index contributed by atoms with van der Waals surface area (Å²) in [6.07, 6.45) is 3.41. The van der Waals surface area contributed by atoms with Crippen LogP contribution in [0.3, 0.4) is 0 Å². The van der Waals surface area contributed by atoms with Crippen molar-refractivity contribution in [3.8, 4) is 23.2 Å². The quantitative estimate of drug-likeness (QED) is 0.657. The van der Waals surface area contributed by atoms with Crippen molar-refractivity contribution in [3.05, 3.63) is 47.5 Å². The van der Waals surface area contributed by atoms with Crippen molar-refractivity contribution in [1.82, 2.24) is 25.0 Å². The number of rotatable bonds is 6. The molecule has 1 aromatic carbocycles. The normalized spacial score (nSPS) is 11.7. The molecule has 0 bridgehead atoms. The Labute approximate surface area is 164 Å². The van der Waals surface area contributed by atoms with E-state index in [9.17, 15) is 8.78 Å². The molecule has 12 heteroatoms. The zero-order chi connectivity index (χ0) is 18.7. The Hall–Kier alpha value is -2.66. The first-order valence-corrected chi connectivity index (χ1v) is 7.65. The maximum Gasteiger partial charge on any atom is 0.387 e. The van der Waals surface area contributed by atoms with Crippen LogP contribution in [-0.4, -0.2) is 36.7 Å². The third kappa shape index (κ3) is 5.17. The molecule has 8 nitrogen and oxygen atoms in total. The van der Waals surface area contributed by atoms with E-state index in [4.69, 9.17) is 21.4 Å². The van der Waals surface area contributed by atoms with Crippen molar-refractivity contribution in [2.75, 3.05) is 0 Å². The number of benzene rings is 1. The topological polar surface area (TPSA) is 95.2 Å². The second-order valence-corrected chi connectivity index (χ2v) is 5.47. The van der Waals surface area contributed by atoms with Gasteiger partial charge in [0.1, 0.15) is 17.5 Å². The molecule has 3 aromatic rings. The van der Waals surface area contributed by atoms with Crippen molar-refractivity contribution < 1.29 is 23.4 Å². The van der Waals surface area contributed by atoms with E-state index < -0.39 is 12.7 Å². The highest BCUT2D eigenvalue weighted by molar-refractivity contribution is 7.59. The van der Waals surface area contributed by atoms with E-state index in [0.717, 1.165) is 0 Å². The molecule has 0 unspecified atom stereocenters. The lowest BCUT2D eigenvalue weighted by molar-refractivity contribution is -0.0497. The minimum atomic E-state index is -2.99. The molecule has 2 aromatic heterocycles. The van der Waals surface area contributed by atoms with Crippen LogP contribution in [0.4, 0.5) is 8.78 Å². The van der Waals surface area contributed by atoms with E-state index in [1.165, 1.54) is 29.2 Å². The number of alkyl halides is 2. The number of hydrogen-bond acceptors (Lipinski definition) is 7. The molecule has 0 saturated heterocycles. The average molecular weight is 418 g/mol. The molecule has 144 valence electrons. The van der Waals surface area contributed by atoms with Gasteiger partial charge >= 0.3 is 12.6 Å². The second kappa shape index (κ2) is 8.82. The number of aromatic hydroxyl groups is 1. The highest BCUT2D eigenvalue weighted by Gasteiger charge is 2.15. The van der Waals surface area contributed by atoms with Crippen molar-refractivity contribution in [1.29, 1.82) is 0 Å². The molecule has 0 spiro atoms. The highest BCUT2D eigenvalue weighted by Crippen LogP contribution is 2.28. The largest absolute Gasteiger partial charge is 0.505 e. The van der Waals surface area contributed by atoms with Crippen LogP contribution in [0, 0.1) is 0 Å². The summed E-state index contributed by atoms with van der Waals surface area (Å²) in [4.78, 5) is 7.63. The minimum absolute atomic E-state index is 0. The van der Waals surface area contributed by atoms with Crippen LogP contribution in [0.25, 0.3) is 5.69 Å². The molecule has 0 fully saturated rings. The SMILES string of the molecule is C[C@H](Oc1ncc(O)cn1)c1cn(-c2ccc(Cl)c(OC(F)F)c2)nn1.S. The lowest BCUT2D eigenvalue weighted by atomic mass is 10.3. The Morgan fingerprint density at radius 3 is 2.56 bits per heavy atom. The first kappa shape index (κ1) is 20.6. The van der Waals surface area contributed by atoms with E-state index in [-0.39, 0.29) is 36.0 Å². The maximum absolute atomic E-state index is 12.4. The molecular formula is C15H14ClF2N5O3S. The van der Waals surface area contributed by atoms with Gasteiger partial charge in [0.2, 0.25) is 0 Å². The van der Waals surface area contributed by atoms with Crippen molar-refractivity contribution >= 4 is 25.1 Å². The van der Waals surface area contributed by atoms with Gasteiger partial charge in [0, 0.05) is 6.07 Å². The van der Waals surface area contributed by atoms with Crippen LogP contribution in [-0.2, 0) is 0 Å². The average Bonchev–Trinajstić information content (AvgIpc) is 3.09. The predicted molar refractivity (Wildman–Crippen MR) is 96.1 cm³/mol. The van der Waals surface area contributed by atoms with Crippen LogP contribution in [0.1, 0.15) is 18.7 Å². The Morgan fingerprint density at radius 2 is 1.89 bits per heavy atom. The van der Waals surface area contributed by atoms with Gasteiger partial charge in [0.05, 0.1) is 29.3 Å². The van der Waals surface area contributed by atoms with E-state index in [1.54, 1.807) is 19.2 Å². The van der Waals surface area contributed by atoms with E-state index in [2.05, 4.69) is 25.0 Å². The van der Waals surface area contributed by atoms with Crippen molar-refractivity contribution in [2.24, 2.45) is 0 Å². The summed E-state index contributed by atoms with van der Waals surface area (Å²) in [6, 6.07) is 4.37. The summed E-state index contributed by atoms with van der Waals surface area (Å²) in [6.45, 7) is -1.29. The molecule has 1 N–H and O–H groups in total. The first-order valence-electron chi connectivity index (χ1n) is 7.27. The molecular weight excluding hydrogens is 404 g/mol. The third-order valence-electron chi connectivity index (χ3n) is 3.22. The number of nitrogens with zero attached hydrogens (tertiary/aromatic N) is 5. The first-order chi connectivity index (χ1) is 12.4. The van der Waals surface area contributed by atoms with Crippen molar-refractivity contribution in [2.45, 2.75) is 19.6 Å². The number of halogens is 3. The van der Waals surface area contributed by atoms with Gasteiger partial charge < -0.3 is 14.6 Å². The molecule has 0 aliphatic heterocycles. The summed E-state index contributed by atoms with van der Waals surface area (Å²) < 4.78 is 36.1. The van der Waals surface area contributed by atoms with Gasteiger partial charge in [-0.3, -0.25) is 0 Å². The molecule has 2 heterocycles. The summed E-state index contributed by atoms with van der Waals surface area (Å²) in [5, 5.41) is 17.1. The molecule has 27 heavy (non-hydrogen) atoms. The highest BCUT2D eigenvalue weighted by atomic mass is 35.5. The molecule has 0 aliphatic carbocycles. The van der Waals surface area contributed by atoms with Crippen LogP contribution < -0.4 is 9.47 Å². The zero-order valence-corrected chi connectivity index (χ0v) is 15.5. The summed E-state index contributed by atoms with van der Waals surface area (Å²) in [5.41, 5.74) is 0.879. The van der Waals surface area contributed by atoms with Crippen LogP contribution in [0.5, 0.6) is 17.5 Å². The van der Waals surface area contributed by atoms with Crippen LogP contribution in [0.2, 0.25) is 5.02 Å². The van der Waals surface area contributed by atoms with Crippen molar-refractivity contribution in [3.63, 3.8) is 0 Å². The Balaban J connectivity index is 0.00000261. The van der Waals surface area contributed by atoms with Gasteiger partial charge in [-0.1, -0.05) is 16.8 Å². The van der Waals surface area contributed by atoms with Crippen LogP contribution >= 0.6 is 25.1 Å². The standard InChI is InChI=1S/C15H12ClF2N5O3.H2S/c1-8(25-15-19-5-10(24)6-20-15)12-7-23(22-21-12)9-2-3-11(16)13(4-9)26-14(17)18;/h2-8,14,24H,1H3;1H2/t8-;/m0./s1. The fourth-order valence-corrected chi connectivity index (χ4v) is 2.16. The molecule has 1 atom stereocenters. The third-order valence-corrected chi connectivity index (χ3v) is 3.53. The van der Waals surface area contributed by atoms with Crippen LogP contribution in [0.15, 0.2) is 36.8 Å². The number of hydrogen-bond donors (Lipinski definition) is 1. The lowest BCUT2D eigenvalue weighted by Crippen LogP contribution is -2.06. The predicted octanol–water partition coefficient (Wildman–Crippen LogP) is 3.27. The monoisotopic (exact) mass is 417 g/mol. The number of ether oxygens (including phenoxy) is 2. The van der Waals surface area contributed by atoms with Gasteiger partial charge in [-0.05, 0) is 19.1 Å².